The Morgan fingerprint density at radius 2 is 2.31 bits per heavy atom. The molecule has 0 bridgehead atoms. The number of amides is 2. The molecule has 0 aromatic carbocycles. The van der Waals surface area contributed by atoms with Gasteiger partial charge in [-0.25, -0.2) is 0 Å². The molecular formula is C9H14N2O2. The van der Waals surface area contributed by atoms with E-state index in [0.29, 0.717) is 6.54 Å². The molecule has 1 aliphatic heterocycles. The number of rotatable bonds is 2. The number of hydrogen-bond donors (Lipinski definition) is 1. The van der Waals surface area contributed by atoms with Gasteiger partial charge in [-0.3, -0.25) is 9.59 Å². The minimum atomic E-state index is -0.383. The van der Waals surface area contributed by atoms with E-state index in [1.54, 1.807) is 11.8 Å². The van der Waals surface area contributed by atoms with Crippen molar-refractivity contribution in [3.8, 4) is 0 Å². The molecule has 2 amide bonds. The first kappa shape index (κ1) is 9.77. The lowest BCUT2D eigenvalue weighted by Crippen LogP contribution is -2.56. The van der Waals surface area contributed by atoms with Crippen LogP contribution in [-0.4, -0.2) is 35.8 Å². The fourth-order valence-electron chi connectivity index (χ4n) is 1.26. The molecule has 1 aliphatic rings. The maximum atomic E-state index is 11.5. The fourth-order valence-corrected chi connectivity index (χ4v) is 1.26. The van der Waals surface area contributed by atoms with Gasteiger partial charge in [-0.05, 0) is 13.8 Å². The monoisotopic (exact) mass is 182 g/mol. The topological polar surface area (TPSA) is 49.4 Å². The molecule has 1 saturated heterocycles. The highest BCUT2D eigenvalue weighted by molar-refractivity contribution is 5.94. The summed E-state index contributed by atoms with van der Waals surface area (Å²) in [4.78, 5) is 24.1. The number of carbonyl (C=O) groups is 2. The molecule has 72 valence electrons. The molecule has 0 aromatic heterocycles. The van der Waals surface area contributed by atoms with Gasteiger partial charge in [-0.1, -0.05) is 12.2 Å². The van der Waals surface area contributed by atoms with Gasteiger partial charge in [0.05, 0.1) is 6.54 Å². The van der Waals surface area contributed by atoms with E-state index in [2.05, 4.69) is 5.32 Å². The molecule has 1 fully saturated rings. The van der Waals surface area contributed by atoms with Crippen LogP contribution in [0.5, 0.6) is 0 Å². The second-order valence-corrected chi connectivity index (χ2v) is 3.08. The Balaban J connectivity index is 2.61. The van der Waals surface area contributed by atoms with E-state index in [-0.39, 0.29) is 24.4 Å². The van der Waals surface area contributed by atoms with Crippen LogP contribution in [0.3, 0.4) is 0 Å². The van der Waals surface area contributed by atoms with Crippen LogP contribution in [-0.2, 0) is 9.59 Å². The van der Waals surface area contributed by atoms with Crippen molar-refractivity contribution in [3.05, 3.63) is 12.2 Å². The molecule has 0 spiro atoms. The number of hydrogen-bond acceptors (Lipinski definition) is 2. The van der Waals surface area contributed by atoms with Crippen molar-refractivity contribution in [3.63, 3.8) is 0 Å². The highest BCUT2D eigenvalue weighted by Crippen LogP contribution is 2.01. The summed E-state index contributed by atoms with van der Waals surface area (Å²) in [6.07, 6.45) is 3.73. The highest BCUT2D eigenvalue weighted by Gasteiger charge is 2.28. The van der Waals surface area contributed by atoms with Crippen molar-refractivity contribution in [1.29, 1.82) is 0 Å². The zero-order valence-electron chi connectivity index (χ0n) is 7.91. The first-order valence-corrected chi connectivity index (χ1v) is 4.34. The van der Waals surface area contributed by atoms with Gasteiger partial charge in [0, 0.05) is 6.54 Å². The maximum absolute atomic E-state index is 11.5. The molecule has 1 heterocycles. The van der Waals surface area contributed by atoms with Gasteiger partial charge in [-0.2, -0.15) is 0 Å². The van der Waals surface area contributed by atoms with Crippen LogP contribution in [0.25, 0.3) is 0 Å². The van der Waals surface area contributed by atoms with Gasteiger partial charge in [0.2, 0.25) is 11.8 Å². The largest absolute Gasteiger partial charge is 0.343 e. The fraction of sp³-hybridized carbons (Fsp3) is 0.556. The quantitative estimate of drug-likeness (QED) is 0.607. The number of piperazine rings is 1. The van der Waals surface area contributed by atoms with Gasteiger partial charge in [0.1, 0.15) is 6.04 Å². The summed E-state index contributed by atoms with van der Waals surface area (Å²) >= 11 is 0. The standard InChI is InChI=1S/C9H14N2O2/c1-3-4-5-11-6-8(12)10-7(2)9(11)13/h3-4,7H,5-6H2,1-2H3,(H,10,12)/b4-3+. The molecule has 4 nitrogen and oxygen atoms in total. The highest BCUT2D eigenvalue weighted by atomic mass is 16.2. The number of nitrogens with one attached hydrogen (secondary N) is 1. The Bertz CT molecular complexity index is 248. The van der Waals surface area contributed by atoms with Crippen molar-refractivity contribution in [2.45, 2.75) is 19.9 Å². The van der Waals surface area contributed by atoms with Crippen molar-refractivity contribution in [2.24, 2.45) is 0 Å². The zero-order chi connectivity index (χ0) is 9.84. The van der Waals surface area contributed by atoms with Crippen LogP contribution in [0.2, 0.25) is 0 Å². The van der Waals surface area contributed by atoms with E-state index in [1.165, 1.54) is 0 Å². The lowest BCUT2D eigenvalue weighted by atomic mass is 10.2. The average Bonchev–Trinajstić information content (AvgIpc) is 2.09. The maximum Gasteiger partial charge on any atom is 0.245 e. The second-order valence-electron chi connectivity index (χ2n) is 3.08. The smallest absolute Gasteiger partial charge is 0.245 e. The van der Waals surface area contributed by atoms with E-state index in [0.717, 1.165) is 0 Å². The van der Waals surface area contributed by atoms with Gasteiger partial charge in [0.15, 0.2) is 0 Å². The molecule has 1 rings (SSSR count). The van der Waals surface area contributed by atoms with Crippen molar-refractivity contribution < 1.29 is 9.59 Å². The van der Waals surface area contributed by atoms with Crippen LogP contribution in [0.15, 0.2) is 12.2 Å². The predicted molar refractivity (Wildman–Crippen MR) is 49.0 cm³/mol. The molecule has 0 radical (unpaired) electrons. The Morgan fingerprint density at radius 1 is 1.62 bits per heavy atom. The van der Waals surface area contributed by atoms with Gasteiger partial charge in [0.25, 0.3) is 0 Å². The molecule has 1 unspecified atom stereocenters. The lowest BCUT2D eigenvalue weighted by Gasteiger charge is -2.29. The summed E-state index contributed by atoms with van der Waals surface area (Å²) in [6.45, 7) is 4.28. The third kappa shape index (κ3) is 2.31. The third-order valence-electron chi connectivity index (χ3n) is 1.96. The minimum absolute atomic E-state index is 0.0160. The molecular weight excluding hydrogens is 168 g/mol. The summed E-state index contributed by atoms with van der Waals surface area (Å²) in [5, 5.41) is 2.58. The van der Waals surface area contributed by atoms with E-state index in [4.69, 9.17) is 0 Å². The second kappa shape index (κ2) is 4.07. The zero-order valence-corrected chi connectivity index (χ0v) is 7.91. The van der Waals surface area contributed by atoms with E-state index in [9.17, 15) is 9.59 Å². The van der Waals surface area contributed by atoms with Crippen LogP contribution < -0.4 is 5.32 Å². The number of nitrogens with zero attached hydrogens (tertiary/aromatic N) is 1. The molecule has 1 N–H and O–H groups in total. The SMILES string of the molecule is C/C=C/CN1CC(=O)NC(C)C1=O. The number of carbonyl (C=O) groups excluding carboxylic acids is 2. The normalized spacial score (nSPS) is 23.8. The minimum Gasteiger partial charge on any atom is -0.343 e. The molecule has 0 saturated carbocycles. The first-order valence-electron chi connectivity index (χ1n) is 4.34. The van der Waals surface area contributed by atoms with Crippen LogP contribution in [0.1, 0.15) is 13.8 Å². The summed E-state index contributed by atoms with van der Waals surface area (Å²) < 4.78 is 0. The molecule has 4 heteroatoms. The lowest BCUT2D eigenvalue weighted by molar-refractivity contribution is -0.143. The van der Waals surface area contributed by atoms with Crippen LogP contribution >= 0.6 is 0 Å². The molecule has 0 aliphatic carbocycles. The Hall–Kier alpha value is -1.32. The van der Waals surface area contributed by atoms with Crippen molar-refractivity contribution in [1.82, 2.24) is 10.2 Å². The summed E-state index contributed by atoms with van der Waals surface area (Å²) in [7, 11) is 0. The summed E-state index contributed by atoms with van der Waals surface area (Å²) in [5.74, 6) is -0.102. The van der Waals surface area contributed by atoms with Gasteiger partial charge < -0.3 is 10.2 Å². The molecule has 0 aromatic rings. The third-order valence-corrected chi connectivity index (χ3v) is 1.96. The first-order chi connectivity index (χ1) is 6.15. The molecule has 1 atom stereocenters. The van der Waals surface area contributed by atoms with Crippen molar-refractivity contribution in [2.75, 3.05) is 13.1 Å². The predicted octanol–water partition coefficient (Wildman–Crippen LogP) is -0.0906. The summed E-state index contributed by atoms with van der Waals surface area (Å²) in [6, 6.07) is -0.383. The van der Waals surface area contributed by atoms with E-state index < -0.39 is 0 Å². The molecule has 13 heavy (non-hydrogen) atoms. The van der Waals surface area contributed by atoms with E-state index >= 15 is 0 Å². The Labute approximate surface area is 77.6 Å². The average molecular weight is 182 g/mol. The van der Waals surface area contributed by atoms with Crippen molar-refractivity contribution >= 4 is 11.8 Å². The van der Waals surface area contributed by atoms with Gasteiger partial charge >= 0.3 is 0 Å². The Morgan fingerprint density at radius 3 is 2.92 bits per heavy atom. The Kier molecular flexibility index (Phi) is 3.06. The van der Waals surface area contributed by atoms with Crippen LogP contribution in [0.4, 0.5) is 0 Å². The van der Waals surface area contributed by atoms with E-state index in [1.807, 2.05) is 19.1 Å². The van der Waals surface area contributed by atoms with Gasteiger partial charge in [-0.15, -0.1) is 0 Å². The summed E-state index contributed by atoms with van der Waals surface area (Å²) in [5.41, 5.74) is 0. The van der Waals surface area contributed by atoms with Crippen LogP contribution in [0, 0.1) is 0 Å². The number of allylic oxidation sites excluding steroid dienone is 1.